The molecule has 1 N–H and O–H groups in total. The molecular formula is C13H24N2O2. The Balaban J connectivity index is 2.06. The van der Waals surface area contributed by atoms with E-state index < -0.39 is 5.54 Å². The summed E-state index contributed by atoms with van der Waals surface area (Å²) in [6.45, 7) is 5.88. The van der Waals surface area contributed by atoms with Crippen molar-refractivity contribution in [2.45, 2.75) is 38.1 Å². The van der Waals surface area contributed by atoms with Crippen LogP contribution in [0.15, 0.2) is 0 Å². The number of nitrogens with one attached hydrogen (secondary N) is 1. The molecule has 0 radical (unpaired) electrons. The summed E-state index contributed by atoms with van der Waals surface area (Å²) in [5.74, 6) is 0.653. The molecule has 0 bridgehead atoms. The molecule has 1 atom stereocenters. The molecule has 4 nitrogen and oxygen atoms in total. The summed E-state index contributed by atoms with van der Waals surface area (Å²) >= 11 is 0. The van der Waals surface area contributed by atoms with Crippen LogP contribution in [0, 0.1) is 5.92 Å². The number of rotatable bonds is 4. The van der Waals surface area contributed by atoms with Crippen molar-refractivity contribution in [2.24, 2.45) is 5.92 Å². The molecule has 0 aromatic rings. The predicted octanol–water partition coefficient (Wildman–Crippen LogP) is 1.01. The molecule has 1 saturated heterocycles. The van der Waals surface area contributed by atoms with Gasteiger partial charge in [0.1, 0.15) is 5.54 Å². The van der Waals surface area contributed by atoms with E-state index in [2.05, 4.69) is 17.1 Å². The molecule has 1 saturated carbocycles. The van der Waals surface area contributed by atoms with E-state index in [4.69, 9.17) is 4.74 Å². The summed E-state index contributed by atoms with van der Waals surface area (Å²) < 4.78 is 5.04. The van der Waals surface area contributed by atoms with Crippen molar-refractivity contribution in [1.29, 1.82) is 0 Å². The van der Waals surface area contributed by atoms with Gasteiger partial charge in [0.05, 0.1) is 7.11 Å². The summed E-state index contributed by atoms with van der Waals surface area (Å²) in [7, 11) is 1.50. The Labute approximate surface area is 104 Å². The second-order valence-electron chi connectivity index (χ2n) is 5.50. The fourth-order valence-electron chi connectivity index (χ4n) is 2.98. The zero-order valence-electron chi connectivity index (χ0n) is 11.0. The Bertz CT molecular complexity index is 273. The maximum absolute atomic E-state index is 12.1. The van der Waals surface area contributed by atoms with Gasteiger partial charge < -0.3 is 10.1 Å². The van der Waals surface area contributed by atoms with Gasteiger partial charge in [0, 0.05) is 26.2 Å². The summed E-state index contributed by atoms with van der Waals surface area (Å²) in [5, 5.41) is 3.33. The zero-order chi connectivity index (χ0) is 12.3. The van der Waals surface area contributed by atoms with E-state index in [-0.39, 0.29) is 5.97 Å². The average molecular weight is 240 g/mol. The van der Waals surface area contributed by atoms with Gasteiger partial charge in [-0.2, -0.15) is 0 Å². The first kappa shape index (κ1) is 12.8. The lowest BCUT2D eigenvalue weighted by Gasteiger charge is -2.44. The molecule has 0 aromatic heterocycles. The lowest BCUT2D eigenvalue weighted by atomic mass is 9.75. The number of carbonyl (C=O) groups is 1. The van der Waals surface area contributed by atoms with Gasteiger partial charge in [0.2, 0.25) is 0 Å². The van der Waals surface area contributed by atoms with Crippen molar-refractivity contribution in [1.82, 2.24) is 10.2 Å². The second kappa shape index (κ2) is 5.36. The first-order chi connectivity index (χ1) is 8.16. The fraction of sp³-hybridized carbons (Fsp3) is 0.923. The van der Waals surface area contributed by atoms with Crippen molar-refractivity contribution in [3.05, 3.63) is 0 Å². The highest BCUT2D eigenvalue weighted by atomic mass is 16.5. The smallest absolute Gasteiger partial charge is 0.326 e. The highest BCUT2D eigenvalue weighted by molar-refractivity contribution is 5.80. The number of hydrogen-bond acceptors (Lipinski definition) is 4. The van der Waals surface area contributed by atoms with Crippen LogP contribution in [0.5, 0.6) is 0 Å². The van der Waals surface area contributed by atoms with Crippen molar-refractivity contribution in [3.8, 4) is 0 Å². The zero-order valence-corrected chi connectivity index (χ0v) is 11.0. The van der Waals surface area contributed by atoms with E-state index in [1.54, 1.807) is 0 Å². The first-order valence-corrected chi connectivity index (χ1v) is 6.71. The molecule has 1 heterocycles. The summed E-state index contributed by atoms with van der Waals surface area (Å²) in [6.07, 6.45) is 4.83. The fourth-order valence-corrected chi connectivity index (χ4v) is 2.98. The van der Waals surface area contributed by atoms with E-state index in [0.29, 0.717) is 5.92 Å². The van der Waals surface area contributed by atoms with Crippen LogP contribution >= 0.6 is 0 Å². The summed E-state index contributed by atoms with van der Waals surface area (Å²) in [5.41, 5.74) is -0.415. The number of esters is 1. The standard InChI is InChI=1S/C13H24N2O2/c1-13(12(16)17-2,10-11-4-3-5-11)15-8-6-14-7-9-15/h11,14H,3-10H2,1-2H3. The molecule has 0 spiro atoms. The van der Waals surface area contributed by atoms with Gasteiger partial charge in [-0.25, -0.2) is 0 Å². The Kier molecular flexibility index (Phi) is 4.05. The van der Waals surface area contributed by atoms with Crippen molar-refractivity contribution in [2.75, 3.05) is 33.3 Å². The summed E-state index contributed by atoms with van der Waals surface area (Å²) in [6, 6.07) is 0. The normalized spacial score (nSPS) is 26.0. The molecule has 98 valence electrons. The van der Waals surface area contributed by atoms with Gasteiger partial charge in [-0.3, -0.25) is 9.69 Å². The highest BCUT2D eigenvalue weighted by Crippen LogP contribution is 2.36. The Morgan fingerprint density at radius 3 is 2.53 bits per heavy atom. The van der Waals surface area contributed by atoms with Crippen LogP contribution in [0.4, 0.5) is 0 Å². The molecule has 0 amide bonds. The molecule has 2 aliphatic rings. The third kappa shape index (κ3) is 2.63. The highest BCUT2D eigenvalue weighted by Gasteiger charge is 2.43. The number of carbonyl (C=O) groups excluding carboxylic acids is 1. The molecular weight excluding hydrogens is 216 g/mol. The van der Waals surface area contributed by atoms with Gasteiger partial charge in [-0.1, -0.05) is 19.3 Å². The van der Waals surface area contributed by atoms with Gasteiger partial charge >= 0.3 is 5.97 Å². The van der Waals surface area contributed by atoms with Crippen LogP contribution in [-0.2, 0) is 9.53 Å². The Hall–Kier alpha value is -0.610. The minimum atomic E-state index is -0.415. The van der Waals surface area contributed by atoms with Crippen LogP contribution in [0.1, 0.15) is 32.6 Å². The molecule has 17 heavy (non-hydrogen) atoms. The lowest BCUT2D eigenvalue weighted by molar-refractivity contribution is -0.156. The van der Waals surface area contributed by atoms with Crippen LogP contribution < -0.4 is 5.32 Å². The first-order valence-electron chi connectivity index (χ1n) is 6.71. The van der Waals surface area contributed by atoms with E-state index in [1.165, 1.54) is 26.4 Å². The number of methoxy groups -OCH3 is 1. The van der Waals surface area contributed by atoms with Crippen LogP contribution in [-0.4, -0.2) is 49.7 Å². The minimum Gasteiger partial charge on any atom is -0.468 e. The van der Waals surface area contributed by atoms with Gasteiger partial charge in [0.15, 0.2) is 0 Å². The second-order valence-corrected chi connectivity index (χ2v) is 5.50. The monoisotopic (exact) mass is 240 g/mol. The van der Waals surface area contributed by atoms with E-state index in [0.717, 1.165) is 32.6 Å². The molecule has 4 heteroatoms. The molecule has 2 rings (SSSR count). The molecule has 1 aliphatic heterocycles. The topological polar surface area (TPSA) is 41.6 Å². The van der Waals surface area contributed by atoms with Gasteiger partial charge in [0.25, 0.3) is 0 Å². The minimum absolute atomic E-state index is 0.0636. The predicted molar refractivity (Wildman–Crippen MR) is 66.8 cm³/mol. The Morgan fingerprint density at radius 1 is 1.41 bits per heavy atom. The van der Waals surface area contributed by atoms with Crippen LogP contribution in [0.25, 0.3) is 0 Å². The van der Waals surface area contributed by atoms with Crippen LogP contribution in [0.2, 0.25) is 0 Å². The van der Waals surface area contributed by atoms with Crippen molar-refractivity contribution < 1.29 is 9.53 Å². The van der Waals surface area contributed by atoms with E-state index >= 15 is 0 Å². The molecule has 2 fully saturated rings. The summed E-state index contributed by atoms with van der Waals surface area (Å²) in [4.78, 5) is 14.4. The number of piperazine rings is 1. The largest absolute Gasteiger partial charge is 0.468 e. The van der Waals surface area contributed by atoms with Crippen LogP contribution in [0.3, 0.4) is 0 Å². The third-order valence-corrected chi connectivity index (χ3v) is 4.35. The van der Waals surface area contributed by atoms with Crippen molar-refractivity contribution in [3.63, 3.8) is 0 Å². The van der Waals surface area contributed by atoms with Gasteiger partial charge in [-0.05, 0) is 19.3 Å². The third-order valence-electron chi connectivity index (χ3n) is 4.35. The molecule has 0 aromatic carbocycles. The van der Waals surface area contributed by atoms with Gasteiger partial charge in [-0.15, -0.1) is 0 Å². The number of ether oxygens (including phenoxy) is 1. The number of hydrogen-bond donors (Lipinski definition) is 1. The van der Waals surface area contributed by atoms with E-state index in [9.17, 15) is 4.79 Å². The number of nitrogens with zero attached hydrogens (tertiary/aromatic N) is 1. The molecule has 1 unspecified atom stereocenters. The maximum atomic E-state index is 12.1. The lowest BCUT2D eigenvalue weighted by Crippen LogP contribution is -2.59. The van der Waals surface area contributed by atoms with Crippen molar-refractivity contribution >= 4 is 5.97 Å². The maximum Gasteiger partial charge on any atom is 0.326 e. The quantitative estimate of drug-likeness (QED) is 0.745. The molecule has 1 aliphatic carbocycles. The SMILES string of the molecule is COC(=O)C(C)(CC1CCC1)N1CCNCC1. The average Bonchev–Trinajstić information content (AvgIpc) is 2.33. The Morgan fingerprint density at radius 2 is 2.06 bits per heavy atom. The van der Waals surface area contributed by atoms with E-state index in [1.807, 2.05) is 0 Å².